The Kier molecular flexibility index (Phi) is 4.01. The summed E-state index contributed by atoms with van der Waals surface area (Å²) in [7, 11) is -1.90. The number of rotatable bonds is 4. The Morgan fingerprint density at radius 2 is 2.06 bits per heavy atom. The molecule has 1 atom stereocenters. The van der Waals surface area contributed by atoms with Crippen molar-refractivity contribution in [2.24, 2.45) is 0 Å². The molecule has 100 valence electrons. The molecule has 1 fully saturated rings. The Bertz CT molecular complexity index is 491. The van der Waals surface area contributed by atoms with E-state index in [2.05, 4.69) is 0 Å². The number of hydrogen-bond acceptors (Lipinski definition) is 4. The van der Waals surface area contributed by atoms with Gasteiger partial charge >= 0.3 is 0 Å². The number of benzene rings is 1. The molecule has 0 bridgehead atoms. The number of sulfonamides is 1. The van der Waals surface area contributed by atoms with Crippen LogP contribution in [0, 0.1) is 0 Å². The van der Waals surface area contributed by atoms with Crippen LogP contribution in [0.1, 0.15) is 12.0 Å². The monoisotopic (exact) mass is 271 g/mol. The lowest BCUT2D eigenvalue weighted by Crippen LogP contribution is -2.37. The molecular formula is C12H17NO4S. The van der Waals surface area contributed by atoms with Crippen molar-refractivity contribution < 1.29 is 18.3 Å². The van der Waals surface area contributed by atoms with E-state index in [4.69, 9.17) is 9.84 Å². The third kappa shape index (κ3) is 2.56. The zero-order chi connectivity index (χ0) is 13.2. The molecule has 1 aliphatic heterocycles. The van der Waals surface area contributed by atoms with E-state index >= 15 is 0 Å². The fraction of sp³-hybridized carbons (Fsp3) is 0.500. The van der Waals surface area contributed by atoms with Crippen LogP contribution in [0.15, 0.2) is 29.2 Å². The fourth-order valence-electron chi connectivity index (χ4n) is 1.94. The van der Waals surface area contributed by atoms with Gasteiger partial charge in [0.2, 0.25) is 10.0 Å². The quantitative estimate of drug-likeness (QED) is 0.870. The third-order valence-electron chi connectivity index (χ3n) is 3.20. The van der Waals surface area contributed by atoms with Crippen LogP contribution in [-0.4, -0.2) is 44.1 Å². The average Bonchev–Trinajstić information content (AvgIpc) is 2.91. The topological polar surface area (TPSA) is 66.8 Å². The van der Waals surface area contributed by atoms with Gasteiger partial charge in [0.1, 0.15) is 0 Å². The lowest BCUT2D eigenvalue weighted by Gasteiger charge is -2.22. The van der Waals surface area contributed by atoms with Crippen LogP contribution >= 0.6 is 0 Å². The van der Waals surface area contributed by atoms with E-state index in [0.29, 0.717) is 18.8 Å². The third-order valence-corrected chi connectivity index (χ3v) is 5.13. The summed E-state index contributed by atoms with van der Waals surface area (Å²) in [6.07, 6.45) is 0.727. The van der Waals surface area contributed by atoms with Crippen molar-refractivity contribution in [3.8, 4) is 0 Å². The molecule has 1 unspecified atom stereocenters. The maximum atomic E-state index is 12.3. The van der Waals surface area contributed by atoms with Crippen molar-refractivity contribution in [3.05, 3.63) is 29.8 Å². The standard InChI is InChI=1S/C12H17NO4S/c1-13(11-6-7-17-9-11)18(15,16)12-4-2-10(8-14)3-5-12/h2-5,11,14H,6-9H2,1H3. The first-order valence-electron chi connectivity index (χ1n) is 5.81. The summed E-state index contributed by atoms with van der Waals surface area (Å²) in [4.78, 5) is 0.245. The van der Waals surface area contributed by atoms with Crippen LogP contribution in [0.5, 0.6) is 0 Å². The summed E-state index contributed by atoms with van der Waals surface area (Å²) < 4.78 is 31.2. The highest BCUT2D eigenvalue weighted by atomic mass is 32.2. The molecule has 0 spiro atoms. The Balaban J connectivity index is 2.23. The minimum atomic E-state index is -3.48. The maximum absolute atomic E-state index is 12.3. The van der Waals surface area contributed by atoms with E-state index in [-0.39, 0.29) is 17.5 Å². The van der Waals surface area contributed by atoms with Gasteiger partial charge in [-0.15, -0.1) is 0 Å². The van der Waals surface area contributed by atoms with Gasteiger partial charge in [0.25, 0.3) is 0 Å². The first kappa shape index (κ1) is 13.5. The Labute approximate surface area is 107 Å². The van der Waals surface area contributed by atoms with Crippen molar-refractivity contribution in [2.75, 3.05) is 20.3 Å². The summed E-state index contributed by atoms with van der Waals surface area (Å²) in [5.41, 5.74) is 0.695. The second-order valence-electron chi connectivity index (χ2n) is 4.34. The zero-order valence-corrected chi connectivity index (χ0v) is 11.1. The van der Waals surface area contributed by atoms with E-state index in [0.717, 1.165) is 6.42 Å². The molecule has 1 saturated heterocycles. The minimum absolute atomic E-state index is 0.0903. The Morgan fingerprint density at radius 3 is 2.56 bits per heavy atom. The van der Waals surface area contributed by atoms with Gasteiger partial charge in [-0.2, -0.15) is 4.31 Å². The number of likely N-dealkylation sites (N-methyl/N-ethyl adjacent to an activating group) is 1. The van der Waals surface area contributed by atoms with Gasteiger partial charge in [-0.1, -0.05) is 12.1 Å². The summed E-state index contributed by atoms with van der Waals surface area (Å²) in [5.74, 6) is 0. The number of aliphatic hydroxyl groups excluding tert-OH is 1. The van der Waals surface area contributed by atoms with E-state index in [9.17, 15) is 8.42 Å². The molecule has 6 heteroatoms. The van der Waals surface area contributed by atoms with Gasteiger partial charge in [-0.05, 0) is 24.1 Å². The summed E-state index contributed by atoms with van der Waals surface area (Å²) in [6, 6.07) is 6.19. The first-order valence-corrected chi connectivity index (χ1v) is 7.25. The van der Waals surface area contributed by atoms with Crippen molar-refractivity contribution in [3.63, 3.8) is 0 Å². The number of nitrogens with zero attached hydrogens (tertiary/aromatic N) is 1. The highest BCUT2D eigenvalue weighted by Gasteiger charge is 2.30. The Hall–Kier alpha value is -0.950. The predicted octanol–water partition coefficient (Wildman–Crippen LogP) is 0.588. The largest absolute Gasteiger partial charge is 0.392 e. The van der Waals surface area contributed by atoms with Crippen LogP contribution in [0.25, 0.3) is 0 Å². The molecule has 1 aliphatic rings. The number of hydrogen-bond donors (Lipinski definition) is 1. The smallest absolute Gasteiger partial charge is 0.243 e. The normalized spacial score (nSPS) is 20.5. The van der Waals surface area contributed by atoms with Crippen LogP contribution < -0.4 is 0 Å². The molecule has 0 aromatic heterocycles. The van der Waals surface area contributed by atoms with E-state index < -0.39 is 10.0 Å². The van der Waals surface area contributed by atoms with Crippen LogP contribution in [0.3, 0.4) is 0 Å². The molecule has 5 nitrogen and oxygen atoms in total. The van der Waals surface area contributed by atoms with Crippen molar-refractivity contribution in [1.82, 2.24) is 4.31 Å². The van der Waals surface area contributed by atoms with E-state index in [1.165, 1.54) is 16.4 Å². The van der Waals surface area contributed by atoms with Gasteiger partial charge in [-0.25, -0.2) is 8.42 Å². The molecule has 1 aromatic rings. The lowest BCUT2D eigenvalue weighted by atomic mass is 10.2. The number of ether oxygens (including phenoxy) is 1. The van der Waals surface area contributed by atoms with E-state index in [1.54, 1.807) is 19.2 Å². The average molecular weight is 271 g/mol. The van der Waals surface area contributed by atoms with E-state index in [1.807, 2.05) is 0 Å². The molecule has 0 amide bonds. The van der Waals surface area contributed by atoms with Crippen molar-refractivity contribution in [1.29, 1.82) is 0 Å². The highest BCUT2D eigenvalue weighted by Crippen LogP contribution is 2.21. The van der Waals surface area contributed by atoms with Gasteiger partial charge in [0.05, 0.1) is 24.2 Å². The Morgan fingerprint density at radius 1 is 1.39 bits per heavy atom. The number of aliphatic hydroxyl groups is 1. The molecule has 0 saturated carbocycles. The molecule has 0 radical (unpaired) electrons. The predicted molar refractivity (Wildman–Crippen MR) is 66.5 cm³/mol. The SMILES string of the molecule is CN(C1CCOC1)S(=O)(=O)c1ccc(CO)cc1. The van der Waals surface area contributed by atoms with Crippen LogP contribution in [0.4, 0.5) is 0 Å². The molecular weight excluding hydrogens is 254 g/mol. The van der Waals surface area contributed by atoms with Gasteiger partial charge < -0.3 is 9.84 Å². The summed E-state index contributed by atoms with van der Waals surface area (Å²) in [6.45, 7) is 0.963. The lowest BCUT2D eigenvalue weighted by molar-refractivity contribution is 0.181. The highest BCUT2D eigenvalue weighted by molar-refractivity contribution is 7.89. The van der Waals surface area contributed by atoms with Crippen molar-refractivity contribution >= 4 is 10.0 Å². The molecule has 18 heavy (non-hydrogen) atoms. The summed E-state index contributed by atoms with van der Waals surface area (Å²) in [5, 5.41) is 8.94. The van der Waals surface area contributed by atoms with Crippen molar-refractivity contribution in [2.45, 2.75) is 24.0 Å². The minimum Gasteiger partial charge on any atom is -0.392 e. The zero-order valence-electron chi connectivity index (χ0n) is 10.2. The molecule has 1 heterocycles. The van der Waals surface area contributed by atoms with Crippen LogP contribution in [-0.2, 0) is 21.4 Å². The van der Waals surface area contributed by atoms with Gasteiger partial charge in [0, 0.05) is 13.7 Å². The maximum Gasteiger partial charge on any atom is 0.243 e. The van der Waals surface area contributed by atoms with Crippen LogP contribution in [0.2, 0.25) is 0 Å². The molecule has 2 rings (SSSR count). The second-order valence-corrected chi connectivity index (χ2v) is 6.34. The molecule has 0 aliphatic carbocycles. The molecule has 1 aromatic carbocycles. The fourth-order valence-corrected chi connectivity index (χ4v) is 3.31. The first-order chi connectivity index (χ1) is 8.55. The second kappa shape index (κ2) is 5.36. The summed E-state index contributed by atoms with van der Waals surface area (Å²) >= 11 is 0. The van der Waals surface area contributed by atoms with Gasteiger partial charge in [-0.3, -0.25) is 0 Å². The molecule has 1 N–H and O–H groups in total. The van der Waals surface area contributed by atoms with Gasteiger partial charge in [0.15, 0.2) is 0 Å².